The van der Waals surface area contributed by atoms with Crippen molar-refractivity contribution in [1.82, 2.24) is 25.8 Å². The van der Waals surface area contributed by atoms with Crippen LogP contribution < -0.4 is 16.0 Å². The molecular formula is C32H53N5O7. The largest absolute Gasteiger partial charge is 0.481 e. The summed E-state index contributed by atoms with van der Waals surface area (Å²) in [6.07, 6.45) is 10.7. The molecule has 12 nitrogen and oxygen atoms in total. The van der Waals surface area contributed by atoms with E-state index in [-0.39, 0.29) is 73.3 Å². The lowest BCUT2D eigenvalue weighted by Crippen LogP contribution is -2.51. The molecule has 5 unspecified atom stereocenters. The molecule has 0 spiro atoms. The molecule has 0 aromatic carbocycles. The predicted octanol–water partition coefficient (Wildman–Crippen LogP) is 2.65. The average Bonchev–Trinajstić information content (AvgIpc) is 3.07. The summed E-state index contributed by atoms with van der Waals surface area (Å²) in [5, 5.41) is 18.7. The molecule has 4 rings (SSSR count). The van der Waals surface area contributed by atoms with Gasteiger partial charge in [-0.15, -0.1) is 0 Å². The first-order valence-corrected chi connectivity index (χ1v) is 16.8. The molecule has 4 fully saturated rings. The Bertz CT molecular complexity index is 1020. The second kappa shape index (κ2) is 16.5. The Morgan fingerprint density at radius 1 is 0.909 bits per heavy atom. The smallest absolute Gasteiger partial charge is 0.315 e. The van der Waals surface area contributed by atoms with Gasteiger partial charge in [-0.3, -0.25) is 29.0 Å². The van der Waals surface area contributed by atoms with E-state index in [2.05, 4.69) is 22.9 Å². The van der Waals surface area contributed by atoms with Gasteiger partial charge < -0.3 is 25.8 Å². The van der Waals surface area contributed by atoms with E-state index in [0.717, 1.165) is 56.3 Å². The lowest BCUT2D eigenvalue weighted by atomic mass is 9.79. The van der Waals surface area contributed by atoms with Crippen molar-refractivity contribution in [3.63, 3.8) is 0 Å². The molecular weight excluding hydrogens is 566 g/mol. The van der Waals surface area contributed by atoms with Gasteiger partial charge in [0.1, 0.15) is 0 Å². The minimum absolute atomic E-state index is 0.0225. The maximum atomic E-state index is 13.6. The highest BCUT2D eigenvalue weighted by atomic mass is 16.5. The van der Waals surface area contributed by atoms with Crippen molar-refractivity contribution in [2.45, 2.75) is 121 Å². The van der Waals surface area contributed by atoms with Crippen LogP contribution in [0, 0.1) is 17.8 Å². The summed E-state index contributed by atoms with van der Waals surface area (Å²) in [4.78, 5) is 66.7. The number of hydrogen-bond acceptors (Lipinski definition) is 7. The molecule has 3 saturated carbocycles. The molecule has 248 valence electrons. The normalized spacial score (nSPS) is 31.5. The maximum Gasteiger partial charge on any atom is 0.315 e. The zero-order valence-corrected chi connectivity index (χ0v) is 26.6. The molecule has 0 radical (unpaired) electrons. The van der Waals surface area contributed by atoms with E-state index in [1.807, 2.05) is 4.90 Å². The van der Waals surface area contributed by atoms with Crippen LogP contribution in [0.5, 0.6) is 0 Å². The highest BCUT2D eigenvalue weighted by Crippen LogP contribution is 2.34. The summed E-state index contributed by atoms with van der Waals surface area (Å²) in [6.45, 7) is 3.29. The Morgan fingerprint density at radius 2 is 1.64 bits per heavy atom. The third-order valence-corrected chi connectivity index (χ3v) is 10.3. The monoisotopic (exact) mass is 619 g/mol. The first kappa shape index (κ1) is 34.1. The van der Waals surface area contributed by atoms with Crippen molar-refractivity contribution in [3.05, 3.63) is 0 Å². The molecule has 1 aliphatic heterocycles. The third-order valence-electron chi connectivity index (χ3n) is 10.3. The Kier molecular flexibility index (Phi) is 12.8. The molecule has 1 saturated heterocycles. The third kappa shape index (κ3) is 9.63. The van der Waals surface area contributed by atoms with Crippen molar-refractivity contribution in [2.75, 3.05) is 33.4 Å². The fourth-order valence-electron chi connectivity index (χ4n) is 7.77. The Labute approximate surface area is 261 Å². The Hall–Kier alpha value is -2.73. The quantitative estimate of drug-likeness (QED) is 0.192. The van der Waals surface area contributed by atoms with Gasteiger partial charge in [-0.05, 0) is 76.0 Å². The van der Waals surface area contributed by atoms with E-state index in [4.69, 9.17) is 4.74 Å². The number of rotatable bonds is 12. The molecule has 1 heterocycles. The van der Waals surface area contributed by atoms with Crippen LogP contribution in [0.2, 0.25) is 0 Å². The van der Waals surface area contributed by atoms with E-state index in [0.29, 0.717) is 38.3 Å². The van der Waals surface area contributed by atoms with Gasteiger partial charge >= 0.3 is 12.0 Å². The number of methoxy groups -OCH3 is 1. The van der Waals surface area contributed by atoms with Gasteiger partial charge in [0.05, 0.1) is 18.9 Å². The molecule has 5 atom stereocenters. The summed E-state index contributed by atoms with van der Waals surface area (Å²) in [7, 11) is 1.63. The summed E-state index contributed by atoms with van der Waals surface area (Å²) in [5.41, 5.74) is 0. The summed E-state index contributed by atoms with van der Waals surface area (Å²) in [6, 6.07) is -0.00358. The second-order valence-electron chi connectivity index (χ2n) is 13.5. The number of nitrogens with zero attached hydrogens (tertiary/aromatic N) is 2. The SMILES string of the molecule is COCCCN1CC(=O)N(CCC(=O)O)C(=O)C2CC(NC(=O)CC3CCC(NC(=O)NC4CCCCC4C)CC3)CCC21. The summed E-state index contributed by atoms with van der Waals surface area (Å²) in [5.74, 6) is -1.49. The zero-order valence-electron chi connectivity index (χ0n) is 26.6. The number of imide groups is 1. The number of carboxylic acid groups (broad SMARTS) is 1. The van der Waals surface area contributed by atoms with Gasteiger partial charge in [-0.25, -0.2) is 4.79 Å². The Balaban J connectivity index is 1.25. The van der Waals surface area contributed by atoms with Crippen LogP contribution in [0.1, 0.15) is 96.8 Å². The number of fused-ring (bicyclic) bond motifs is 1. The first-order chi connectivity index (χ1) is 21.1. The van der Waals surface area contributed by atoms with Crippen LogP contribution >= 0.6 is 0 Å². The van der Waals surface area contributed by atoms with Gasteiger partial charge in [0.15, 0.2) is 0 Å². The molecule has 4 N–H and O–H groups in total. The number of nitrogens with one attached hydrogen (secondary N) is 3. The van der Waals surface area contributed by atoms with Crippen LogP contribution in [0.4, 0.5) is 4.79 Å². The lowest BCUT2D eigenvalue weighted by Gasteiger charge is -2.40. The van der Waals surface area contributed by atoms with Crippen molar-refractivity contribution < 1.29 is 33.8 Å². The number of carbonyl (C=O) groups is 5. The van der Waals surface area contributed by atoms with Crippen LogP contribution in [0.3, 0.4) is 0 Å². The minimum Gasteiger partial charge on any atom is -0.481 e. The van der Waals surface area contributed by atoms with Crippen molar-refractivity contribution in [3.8, 4) is 0 Å². The maximum absolute atomic E-state index is 13.6. The molecule has 0 aromatic rings. The molecule has 12 heteroatoms. The van der Waals surface area contributed by atoms with Gasteiger partial charge in [-0.2, -0.15) is 0 Å². The van der Waals surface area contributed by atoms with Crippen molar-refractivity contribution in [2.24, 2.45) is 17.8 Å². The molecule has 5 amide bonds. The fourth-order valence-corrected chi connectivity index (χ4v) is 7.77. The molecule has 0 aromatic heterocycles. The molecule has 3 aliphatic carbocycles. The highest BCUT2D eigenvalue weighted by molar-refractivity contribution is 5.99. The van der Waals surface area contributed by atoms with Gasteiger partial charge in [0.2, 0.25) is 17.7 Å². The predicted molar refractivity (Wildman–Crippen MR) is 164 cm³/mol. The van der Waals surface area contributed by atoms with Crippen molar-refractivity contribution in [1.29, 1.82) is 0 Å². The Morgan fingerprint density at radius 3 is 2.34 bits per heavy atom. The number of urea groups is 1. The lowest BCUT2D eigenvalue weighted by molar-refractivity contribution is -0.147. The average molecular weight is 620 g/mol. The number of aliphatic carboxylic acids is 1. The standard InChI is InChI=1S/C32H53N5O7/c1-21-6-3-4-7-26(21)35-32(43)34-23-10-8-22(9-11-23)18-28(38)33-24-12-13-27-25(19-24)31(42)37(16-14-30(40)41)29(39)20-36(27)15-5-17-44-2/h21-27H,3-20H2,1-2H3,(H,33,38)(H,40,41)(H2,34,35,43). The molecule has 4 aliphatic rings. The van der Waals surface area contributed by atoms with E-state index in [1.54, 1.807) is 7.11 Å². The van der Waals surface area contributed by atoms with E-state index in [9.17, 15) is 29.1 Å². The number of carbonyl (C=O) groups excluding carboxylic acids is 4. The number of ether oxygens (including phenoxy) is 1. The number of carboxylic acids is 1. The fraction of sp³-hybridized carbons (Fsp3) is 0.844. The minimum atomic E-state index is -1.06. The summed E-state index contributed by atoms with van der Waals surface area (Å²) < 4.78 is 5.19. The van der Waals surface area contributed by atoms with E-state index >= 15 is 0 Å². The van der Waals surface area contributed by atoms with Gasteiger partial charge in [0, 0.05) is 57.4 Å². The zero-order chi connectivity index (χ0) is 31.6. The van der Waals surface area contributed by atoms with Crippen LogP contribution in [-0.4, -0.2) is 102 Å². The van der Waals surface area contributed by atoms with E-state index in [1.165, 1.54) is 12.8 Å². The number of hydrogen-bond donors (Lipinski definition) is 4. The second-order valence-corrected chi connectivity index (χ2v) is 13.5. The van der Waals surface area contributed by atoms with E-state index < -0.39 is 11.9 Å². The molecule has 0 bridgehead atoms. The van der Waals surface area contributed by atoms with Gasteiger partial charge in [-0.1, -0.05) is 19.8 Å². The van der Waals surface area contributed by atoms with Crippen LogP contribution in [-0.2, 0) is 23.9 Å². The van der Waals surface area contributed by atoms with Crippen LogP contribution in [0.15, 0.2) is 0 Å². The summed E-state index contributed by atoms with van der Waals surface area (Å²) >= 11 is 0. The van der Waals surface area contributed by atoms with Crippen molar-refractivity contribution >= 4 is 29.7 Å². The number of amides is 5. The molecule has 44 heavy (non-hydrogen) atoms. The first-order valence-electron chi connectivity index (χ1n) is 16.8. The van der Waals surface area contributed by atoms with Gasteiger partial charge in [0.25, 0.3) is 0 Å². The highest BCUT2D eigenvalue weighted by Gasteiger charge is 2.45. The van der Waals surface area contributed by atoms with Crippen LogP contribution in [0.25, 0.3) is 0 Å². The topological polar surface area (TPSA) is 157 Å².